The Hall–Kier alpha value is -3.08. The maximum absolute atomic E-state index is 13.0. The number of amides is 1. The predicted molar refractivity (Wildman–Crippen MR) is 106 cm³/mol. The van der Waals surface area contributed by atoms with Gasteiger partial charge in [-0.1, -0.05) is 24.8 Å². The van der Waals surface area contributed by atoms with Gasteiger partial charge in [-0.2, -0.15) is 0 Å². The number of benzene rings is 2. The minimum atomic E-state index is -0.238. The molecule has 2 aromatic carbocycles. The van der Waals surface area contributed by atoms with Crippen molar-refractivity contribution in [2.24, 2.45) is 0 Å². The van der Waals surface area contributed by atoms with Crippen LogP contribution >= 0.6 is 0 Å². The summed E-state index contributed by atoms with van der Waals surface area (Å²) in [6, 6.07) is 14.0. The first-order chi connectivity index (χ1) is 13.2. The molecule has 0 radical (unpaired) electrons. The molecule has 0 aromatic heterocycles. The van der Waals surface area contributed by atoms with E-state index >= 15 is 0 Å². The summed E-state index contributed by atoms with van der Waals surface area (Å²) in [5, 5.41) is 0. The molecule has 0 bridgehead atoms. The molecule has 1 saturated heterocycles. The van der Waals surface area contributed by atoms with Crippen molar-refractivity contribution in [3.05, 3.63) is 78.6 Å². The molecule has 2 aromatic rings. The third-order valence-corrected chi connectivity index (χ3v) is 4.45. The number of halogens is 1. The van der Waals surface area contributed by atoms with Crippen molar-refractivity contribution < 1.29 is 13.9 Å². The van der Waals surface area contributed by atoms with E-state index in [1.807, 2.05) is 35.2 Å². The number of hydrogen-bond donors (Lipinski definition) is 0. The van der Waals surface area contributed by atoms with Gasteiger partial charge in [0.1, 0.15) is 18.2 Å². The van der Waals surface area contributed by atoms with E-state index in [0.29, 0.717) is 19.7 Å². The SMILES string of the molecule is C=CCOc1ccc(/C=C/C(=O)N2CCN(c3ccc(F)cc3)CC2)cc1. The van der Waals surface area contributed by atoms with Gasteiger partial charge in [0.25, 0.3) is 0 Å². The van der Waals surface area contributed by atoms with E-state index in [1.54, 1.807) is 24.3 Å². The zero-order chi connectivity index (χ0) is 19.1. The average molecular weight is 366 g/mol. The van der Waals surface area contributed by atoms with E-state index in [4.69, 9.17) is 4.74 Å². The second-order valence-electron chi connectivity index (χ2n) is 6.29. The molecule has 0 unspecified atom stereocenters. The number of ether oxygens (including phenoxy) is 1. The molecule has 0 spiro atoms. The highest BCUT2D eigenvalue weighted by atomic mass is 19.1. The van der Waals surface area contributed by atoms with E-state index in [0.717, 1.165) is 30.1 Å². The fraction of sp³-hybridized carbons (Fsp3) is 0.227. The Morgan fingerprint density at radius 3 is 2.33 bits per heavy atom. The number of carbonyl (C=O) groups excluding carboxylic acids is 1. The number of carbonyl (C=O) groups is 1. The number of nitrogens with zero attached hydrogens (tertiary/aromatic N) is 2. The van der Waals surface area contributed by atoms with Crippen molar-refractivity contribution in [2.75, 3.05) is 37.7 Å². The molecule has 0 N–H and O–H groups in total. The molecule has 140 valence electrons. The second-order valence-corrected chi connectivity index (χ2v) is 6.29. The minimum absolute atomic E-state index is 0.000685. The summed E-state index contributed by atoms with van der Waals surface area (Å²) >= 11 is 0. The number of piperazine rings is 1. The van der Waals surface area contributed by atoms with Crippen molar-refractivity contribution in [1.29, 1.82) is 0 Å². The zero-order valence-electron chi connectivity index (χ0n) is 15.2. The first-order valence-corrected chi connectivity index (χ1v) is 8.97. The molecular weight excluding hydrogens is 343 g/mol. The van der Waals surface area contributed by atoms with Crippen LogP contribution < -0.4 is 9.64 Å². The summed E-state index contributed by atoms with van der Waals surface area (Å²) in [4.78, 5) is 16.4. The van der Waals surface area contributed by atoms with Crippen LogP contribution in [0.25, 0.3) is 6.08 Å². The molecule has 5 heteroatoms. The number of anilines is 1. The Morgan fingerprint density at radius 2 is 1.70 bits per heavy atom. The molecule has 1 aliphatic rings. The first-order valence-electron chi connectivity index (χ1n) is 8.97. The Kier molecular flexibility index (Phi) is 6.26. The van der Waals surface area contributed by atoms with Crippen molar-refractivity contribution in [1.82, 2.24) is 4.90 Å². The van der Waals surface area contributed by atoms with Crippen LogP contribution in [0, 0.1) is 5.82 Å². The summed E-state index contributed by atoms with van der Waals surface area (Å²) in [5.41, 5.74) is 1.93. The van der Waals surface area contributed by atoms with Gasteiger partial charge >= 0.3 is 0 Å². The molecular formula is C22H23FN2O2. The molecule has 3 rings (SSSR count). The summed E-state index contributed by atoms with van der Waals surface area (Å²) in [5.74, 6) is 0.536. The molecule has 0 atom stereocenters. The minimum Gasteiger partial charge on any atom is -0.490 e. The highest BCUT2D eigenvalue weighted by Crippen LogP contribution is 2.17. The van der Waals surface area contributed by atoms with Crippen LogP contribution in [0.2, 0.25) is 0 Å². The average Bonchev–Trinajstić information content (AvgIpc) is 2.72. The van der Waals surface area contributed by atoms with Crippen molar-refractivity contribution in [2.45, 2.75) is 0 Å². The Labute approximate surface area is 159 Å². The fourth-order valence-corrected chi connectivity index (χ4v) is 2.94. The Balaban J connectivity index is 1.51. The Bertz CT molecular complexity index is 792. The van der Waals surface area contributed by atoms with E-state index in [-0.39, 0.29) is 11.7 Å². The molecule has 1 fully saturated rings. The van der Waals surface area contributed by atoms with Crippen LogP contribution in [-0.4, -0.2) is 43.6 Å². The first kappa shape index (κ1) is 18.7. The van der Waals surface area contributed by atoms with Crippen LogP contribution in [0.5, 0.6) is 5.75 Å². The van der Waals surface area contributed by atoms with Gasteiger partial charge in [0, 0.05) is 37.9 Å². The van der Waals surface area contributed by atoms with E-state index in [2.05, 4.69) is 11.5 Å². The van der Waals surface area contributed by atoms with Crippen LogP contribution in [0.15, 0.2) is 67.3 Å². The molecule has 1 heterocycles. The van der Waals surface area contributed by atoms with E-state index in [9.17, 15) is 9.18 Å². The molecule has 0 saturated carbocycles. The van der Waals surface area contributed by atoms with Crippen LogP contribution in [0.1, 0.15) is 5.56 Å². The van der Waals surface area contributed by atoms with Gasteiger partial charge in [-0.3, -0.25) is 4.79 Å². The van der Waals surface area contributed by atoms with Gasteiger partial charge in [-0.05, 0) is 48.0 Å². The summed E-state index contributed by atoms with van der Waals surface area (Å²) in [6.07, 6.45) is 5.11. The molecule has 1 aliphatic heterocycles. The van der Waals surface area contributed by atoms with Crippen molar-refractivity contribution in [3.63, 3.8) is 0 Å². The van der Waals surface area contributed by atoms with Gasteiger partial charge in [0.2, 0.25) is 5.91 Å². The standard InChI is InChI=1S/C22H23FN2O2/c1-2-17-27-21-10-3-18(4-11-21)5-12-22(26)25-15-13-24(14-16-25)20-8-6-19(23)7-9-20/h2-12H,1,13-17H2/b12-5+. The topological polar surface area (TPSA) is 32.8 Å². The number of rotatable bonds is 6. The third-order valence-electron chi connectivity index (χ3n) is 4.45. The highest BCUT2D eigenvalue weighted by molar-refractivity contribution is 5.92. The summed E-state index contributed by atoms with van der Waals surface area (Å²) < 4.78 is 18.5. The zero-order valence-corrected chi connectivity index (χ0v) is 15.2. The van der Waals surface area contributed by atoms with Crippen LogP contribution in [0.4, 0.5) is 10.1 Å². The Morgan fingerprint density at radius 1 is 1.04 bits per heavy atom. The monoisotopic (exact) mass is 366 g/mol. The smallest absolute Gasteiger partial charge is 0.246 e. The number of hydrogen-bond acceptors (Lipinski definition) is 3. The lowest BCUT2D eigenvalue weighted by Crippen LogP contribution is -2.48. The van der Waals surface area contributed by atoms with Gasteiger partial charge in [-0.15, -0.1) is 0 Å². The van der Waals surface area contributed by atoms with E-state index in [1.165, 1.54) is 12.1 Å². The third kappa shape index (κ3) is 5.20. The quantitative estimate of drug-likeness (QED) is 0.577. The summed E-state index contributed by atoms with van der Waals surface area (Å²) in [6.45, 7) is 6.85. The fourth-order valence-electron chi connectivity index (χ4n) is 2.94. The van der Waals surface area contributed by atoms with E-state index < -0.39 is 0 Å². The van der Waals surface area contributed by atoms with Crippen LogP contribution in [-0.2, 0) is 4.79 Å². The van der Waals surface area contributed by atoms with Gasteiger partial charge < -0.3 is 14.5 Å². The van der Waals surface area contributed by atoms with Crippen molar-refractivity contribution >= 4 is 17.7 Å². The normalized spacial score (nSPS) is 14.4. The van der Waals surface area contributed by atoms with Crippen LogP contribution in [0.3, 0.4) is 0 Å². The van der Waals surface area contributed by atoms with Gasteiger partial charge in [0.05, 0.1) is 0 Å². The van der Waals surface area contributed by atoms with Gasteiger partial charge in [-0.25, -0.2) is 4.39 Å². The second kappa shape index (κ2) is 9.03. The molecule has 27 heavy (non-hydrogen) atoms. The highest BCUT2D eigenvalue weighted by Gasteiger charge is 2.19. The molecule has 4 nitrogen and oxygen atoms in total. The largest absolute Gasteiger partial charge is 0.490 e. The lowest BCUT2D eigenvalue weighted by atomic mass is 10.2. The predicted octanol–water partition coefficient (Wildman–Crippen LogP) is 3.75. The molecule has 0 aliphatic carbocycles. The lowest BCUT2D eigenvalue weighted by Gasteiger charge is -2.35. The van der Waals surface area contributed by atoms with Crippen molar-refractivity contribution in [3.8, 4) is 5.75 Å². The molecule has 1 amide bonds. The van der Waals surface area contributed by atoms with Gasteiger partial charge in [0.15, 0.2) is 0 Å². The maximum Gasteiger partial charge on any atom is 0.246 e. The maximum atomic E-state index is 13.0. The summed E-state index contributed by atoms with van der Waals surface area (Å²) in [7, 11) is 0. The lowest BCUT2D eigenvalue weighted by molar-refractivity contribution is -0.126.